The maximum Gasteiger partial charge on any atom is 0.321 e. The Hall–Kier alpha value is -2.13. The minimum absolute atomic E-state index is 0.410. The second kappa shape index (κ2) is 4.27. The highest BCUT2D eigenvalue weighted by molar-refractivity contribution is 5.83. The molecule has 2 atom stereocenters. The summed E-state index contributed by atoms with van der Waals surface area (Å²) in [7, 11) is 0. The van der Waals surface area contributed by atoms with E-state index in [1.54, 1.807) is 18.2 Å². The number of aliphatic hydroxyl groups is 1. The summed E-state index contributed by atoms with van der Waals surface area (Å²) in [5, 5.41) is 10.3. The molecule has 18 heavy (non-hydrogen) atoms. The molecule has 1 aliphatic rings. The van der Waals surface area contributed by atoms with E-state index in [0.717, 1.165) is 5.56 Å². The molecule has 0 aromatic heterocycles. The molecule has 2 aromatic rings. The van der Waals surface area contributed by atoms with E-state index in [-0.39, 0.29) is 0 Å². The highest BCUT2D eigenvalue weighted by Crippen LogP contribution is 2.40. The highest BCUT2D eigenvalue weighted by Gasteiger charge is 2.37. The van der Waals surface area contributed by atoms with Crippen molar-refractivity contribution < 1.29 is 14.6 Å². The summed E-state index contributed by atoms with van der Waals surface area (Å²) in [6.07, 6.45) is -0.857. The number of hydrogen-bond acceptors (Lipinski definition) is 3. The van der Waals surface area contributed by atoms with Crippen LogP contribution in [0.25, 0.3) is 0 Å². The van der Waals surface area contributed by atoms with Crippen molar-refractivity contribution in [3.8, 4) is 5.75 Å². The first kappa shape index (κ1) is 11.0. The number of rotatable bonds is 1. The molecule has 2 unspecified atom stereocenters. The molecule has 0 aliphatic carbocycles. The van der Waals surface area contributed by atoms with E-state index < -0.39 is 18.0 Å². The van der Waals surface area contributed by atoms with Gasteiger partial charge in [-0.2, -0.15) is 0 Å². The number of para-hydroxylation sites is 1. The third kappa shape index (κ3) is 1.69. The van der Waals surface area contributed by atoms with Crippen molar-refractivity contribution in [2.75, 3.05) is 0 Å². The third-order valence-electron chi connectivity index (χ3n) is 3.18. The topological polar surface area (TPSA) is 46.5 Å². The predicted octanol–water partition coefficient (Wildman–Crippen LogP) is 2.42. The van der Waals surface area contributed by atoms with Crippen LogP contribution < -0.4 is 4.74 Å². The molecule has 0 saturated carbocycles. The second-order valence-electron chi connectivity index (χ2n) is 4.29. The lowest BCUT2D eigenvalue weighted by Crippen LogP contribution is -2.29. The Balaban J connectivity index is 2.06. The van der Waals surface area contributed by atoms with Gasteiger partial charge < -0.3 is 9.84 Å². The molecule has 1 heterocycles. The molecule has 1 N–H and O–H groups in total. The molecular formula is C15H12O3. The maximum absolute atomic E-state index is 12.0. The molecule has 3 heteroatoms. The van der Waals surface area contributed by atoms with E-state index in [1.165, 1.54) is 0 Å². The van der Waals surface area contributed by atoms with Gasteiger partial charge in [-0.15, -0.1) is 0 Å². The Morgan fingerprint density at radius 2 is 1.61 bits per heavy atom. The Morgan fingerprint density at radius 3 is 2.39 bits per heavy atom. The molecule has 0 amide bonds. The number of benzene rings is 2. The first-order chi connectivity index (χ1) is 8.77. The minimum Gasteiger partial charge on any atom is -0.426 e. The fourth-order valence-electron chi connectivity index (χ4n) is 2.28. The summed E-state index contributed by atoms with van der Waals surface area (Å²) < 4.78 is 5.27. The Bertz CT molecular complexity index is 577. The number of carbonyl (C=O) groups is 1. The summed E-state index contributed by atoms with van der Waals surface area (Å²) in [4.78, 5) is 12.0. The molecule has 3 rings (SSSR count). The number of carbonyl (C=O) groups excluding carboxylic acids is 1. The minimum atomic E-state index is -0.857. The fourth-order valence-corrected chi connectivity index (χ4v) is 2.28. The van der Waals surface area contributed by atoms with Crippen LogP contribution in [0.15, 0.2) is 54.6 Å². The molecule has 0 fully saturated rings. The molecule has 0 spiro atoms. The van der Waals surface area contributed by atoms with Gasteiger partial charge in [0.25, 0.3) is 0 Å². The van der Waals surface area contributed by atoms with Crippen molar-refractivity contribution in [3.63, 3.8) is 0 Å². The van der Waals surface area contributed by atoms with Crippen molar-refractivity contribution in [3.05, 3.63) is 65.7 Å². The van der Waals surface area contributed by atoms with Crippen LogP contribution in [0.2, 0.25) is 0 Å². The van der Waals surface area contributed by atoms with Gasteiger partial charge in [-0.25, -0.2) is 0 Å². The van der Waals surface area contributed by atoms with Gasteiger partial charge >= 0.3 is 5.97 Å². The average molecular weight is 240 g/mol. The van der Waals surface area contributed by atoms with Gasteiger partial charge in [-0.1, -0.05) is 48.5 Å². The van der Waals surface area contributed by atoms with Crippen LogP contribution in [-0.2, 0) is 4.79 Å². The van der Waals surface area contributed by atoms with Gasteiger partial charge in [-0.3, -0.25) is 4.79 Å². The molecular weight excluding hydrogens is 228 g/mol. The van der Waals surface area contributed by atoms with E-state index >= 15 is 0 Å². The zero-order valence-corrected chi connectivity index (χ0v) is 9.61. The first-order valence-corrected chi connectivity index (χ1v) is 5.81. The molecule has 0 radical (unpaired) electrons. The van der Waals surface area contributed by atoms with Crippen LogP contribution in [-0.4, -0.2) is 11.1 Å². The fraction of sp³-hybridized carbons (Fsp3) is 0.133. The van der Waals surface area contributed by atoms with Crippen molar-refractivity contribution in [1.29, 1.82) is 0 Å². The van der Waals surface area contributed by atoms with Gasteiger partial charge in [0.05, 0.1) is 0 Å². The van der Waals surface area contributed by atoms with Gasteiger partial charge in [-0.05, 0) is 11.6 Å². The summed E-state index contributed by atoms with van der Waals surface area (Å²) in [6, 6.07) is 16.3. The number of esters is 1. The summed E-state index contributed by atoms with van der Waals surface area (Å²) in [5.74, 6) is -0.615. The molecule has 0 saturated heterocycles. The molecule has 2 aromatic carbocycles. The average Bonchev–Trinajstić information content (AvgIpc) is 2.40. The van der Waals surface area contributed by atoms with Crippen molar-refractivity contribution in [1.82, 2.24) is 0 Å². The lowest BCUT2D eigenvalue weighted by atomic mass is 9.87. The van der Waals surface area contributed by atoms with E-state index in [4.69, 9.17) is 4.74 Å². The Morgan fingerprint density at radius 1 is 0.944 bits per heavy atom. The molecule has 90 valence electrons. The first-order valence-electron chi connectivity index (χ1n) is 5.81. The zero-order chi connectivity index (χ0) is 12.5. The largest absolute Gasteiger partial charge is 0.426 e. The van der Waals surface area contributed by atoms with Crippen LogP contribution in [0.4, 0.5) is 0 Å². The summed E-state index contributed by atoms with van der Waals surface area (Å²) in [6.45, 7) is 0. The van der Waals surface area contributed by atoms with Crippen molar-refractivity contribution >= 4 is 5.97 Å². The van der Waals surface area contributed by atoms with E-state index in [2.05, 4.69) is 0 Å². The summed E-state index contributed by atoms with van der Waals surface area (Å²) >= 11 is 0. The number of aliphatic hydroxyl groups excluding tert-OH is 1. The predicted molar refractivity (Wildman–Crippen MR) is 66.2 cm³/mol. The highest BCUT2D eigenvalue weighted by atomic mass is 16.5. The van der Waals surface area contributed by atoms with E-state index in [9.17, 15) is 9.90 Å². The van der Waals surface area contributed by atoms with Gasteiger partial charge in [0, 0.05) is 5.56 Å². The number of fused-ring (bicyclic) bond motifs is 1. The van der Waals surface area contributed by atoms with Gasteiger partial charge in [0.1, 0.15) is 17.8 Å². The SMILES string of the molecule is O=C1Oc2ccccc2C(O)C1c1ccccc1. The van der Waals surface area contributed by atoms with Gasteiger partial charge in [0.15, 0.2) is 0 Å². The lowest BCUT2D eigenvalue weighted by molar-refractivity contribution is -0.141. The smallest absolute Gasteiger partial charge is 0.321 e. The molecule has 1 aliphatic heterocycles. The summed E-state index contributed by atoms with van der Waals surface area (Å²) in [5.41, 5.74) is 1.43. The van der Waals surface area contributed by atoms with E-state index in [1.807, 2.05) is 36.4 Å². The lowest BCUT2D eigenvalue weighted by Gasteiger charge is -2.28. The molecule has 3 nitrogen and oxygen atoms in total. The monoisotopic (exact) mass is 240 g/mol. The van der Waals surface area contributed by atoms with Crippen LogP contribution >= 0.6 is 0 Å². The molecule has 0 bridgehead atoms. The quantitative estimate of drug-likeness (QED) is 0.615. The zero-order valence-electron chi connectivity index (χ0n) is 9.61. The van der Waals surface area contributed by atoms with Crippen LogP contribution in [0.5, 0.6) is 5.75 Å². The normalized spacial score (nSPS) is 22.2. The Kier molecular flexibility index (Phi) is 2.61. The maximum atomic E-state index is 12.0. The van der Waals surface area contributed by atoms with Crippen molar-refractivity contribution in [2.45, 2.75) is 12.0 Å². The van der Waals surface area contributed by atoms with E-state index in [0.29, 0.717) is 11.3 Å². The number of ether oxygens (including phenoxy) is 1. The van der Waals surface area contributed by atoms with Crippen LogP contribution in [0.1, 0.15) is 23.1 Å². The second-order valence-corrected chi connectivity index (χ2v) is 4.29. The van der Waals surface area contributed by atoms with Gasteiger partial charge in [0.2, 0.25) is 0 Å². The van der Waals surface area contributed by atoms with Crippen LogP contribution in [0, 0.1) is 0 Å². The third-order valence-corrected chi connectivity index (χ3v) is 3.18. The van der Waals surface area contributed by atoms with Crippen LogP contribution in [0.3, 0.4) is 0 Å². The van der Waals surface area contributed by atoms with Crippen molar-refractivity contribution in [2.24, 2.45) is 0 Å². The number of hydrogen-bond donors (Lipinski definition) is 1. The standard InChI is InChI=1S/C15H12O3/c16-14-11-8-4-5-9-12(11)18-15(17)13(14)10-6-2-1-3-7-10/h1-9,13-14,16H. The Labute approximate surface area is 105 Å².